The normalized spacial score (nSPS) is 15.9. The number of nitrogens with two attached hydrogens (primary N) is 2. The highest BCUT2D eigenvalue weighted by atomic mass is 16.5. The van der Waals surface area contributed by atoms with E-state index in [1.807, 2.05) is 66.8 Å². The fourth-order valence-corrected chi connectivity index (χ4v) is 3.70. The van der Waals surface area contributed by atoms with Crippen molar-refractivity contribution in [2.75, 3.05) is 5.73 Å². The van der Waals surface area contributed by atoms with Crippen molar-refractivity contribution in [1.82, 2.24) is 0 Å². The molecular weight excluding hydrogens is 384 g/mol. The highest BCUT2D eigenvalue weighted by molar-refractivity contribution is 5.46. The van der Waals surface area contributed by atoms with Gasteiger partial charge in [-0.1, -0.05) is 50.3 Å². The van der Waals surface area contributed by atoms with Crippen LogP contribution in [0.25, 0.3) is 0 Å². The molecule has 0 bridgehead atoms. The number of anilines is 1. The molecule has 4 nitrogen and oxygen atoms in total. The van der Waals surface area contributed by atoms with Crippen LogP contribution >= 0.6 is 0 Å². The molecule has 0 radical (unpaired) electrons. The minimum atomic E-state index is -0.161. The second-order valence-corrected chi connectivity index (χ2v) is 8.31. The Labute approximate surface area is 183 Å². The van der Waals surface area contributed by atoms with Gasteiger partial charge in [0.2, 0.25) is 0 Å². The average molecular weight is 413 g/mol. The first-order valence-corrected chi connectivity index (χ1v) is 10.5. The van der Waals surface area contributed by atoms with Gasteiger partial charge in [-0.25, -0.2) is 0 Å². The van der Waals surface area contributed by atoms with Crippen molar-refractivity contribution in [3.8, 4) is 17.2 Å². The summed E-state index contributed by atoms with van der Waals surface area (Å²) in [4.78, 5) is 0. The van der Waals surface area contributed by atoms with Gasteiger partial charge < -0.3 is 20.9 Å². The van der Waals surface area contributed by atoms with E-state index >= 15 is 0 Å². The van der Waals surface area contributed by atoms with Crippen LogP contribution in [0.1, 0.15) is 31.4 Å². The predicted octanol–water partition coefficient (Wildman–Crippen LogP) is 5.94. The summed E-state index contributed by atoms with van der Waals surface area (Å²) in [5.41, 5.74) is 15.4. The van der Waals surface area contributed by atoms with Gasteiger partial charge in [0.25, 0.3) is 0 Å². The zero-order chi connectivity index (χ0) is 21.8. The summed E-state index contributed by atoms with van der Waals surface area (Å²) in [6, 6.07) is 23.9. The standard InChI is InChI=1S/C27H28N2O2/c1-27(2,19-9-13-23(14-10-19)30-25-7-3-5-21(28)17-25)20-11-15-24(16-12-20)31-26-8-4-6-22(29)18-26/h3-7,9-18,26H,8,28-29H2,1-2H3. The summed E-state index contributed by atoms with van der Waals surface area (Å²) in [6.07, 6.45) is 6.72. The molecule has 0 heterocycles. The summed E-state index contributed by atoms with van der Waals surface area (Å²) in [5, 5.41) is 0. The van der Waals surface area contributed by atoms with Crippen molar-refractivity contribution in [3.05, 3.63) is 108 Å². The quantitative estimate of drug-likeness (QED) is 0.492. The molecule has 1 atom stereocenters. The lowest BCUT2D eigenvalue weighted by Gasteiger charge is -2.27. The Morgan fingerprint density at radius 3 is 2.06 bits per heavy atom. The number of ether oxygens (including phenoxy) is 2. The van der Waals surface area contributed by atoms with Crippen molar-refractivity contribution in [1.29, 1.82) is 0 Å². The maximum absolute atomic E-state index is 6.05. The van der Waals surface area contributed by atoms with E-state index in [9.17, 15) is 0 Å². The molecule has 0 aromatic heterocycles. The fourth-order valence-electron chi connectivity index (χ4n) is 3.70. The Kier molecular flexibility index (Phi) is 5.72. The predicted molar refractivity (Wildman–Crippen MR) is 126 cm³/mol. The Bertz CT molecular complexity index is 1100. The van der Waals surface area contributed by atoms with Gasteiger partial charge in [0, 0.05) is 29.3 Å². The third-order valence-corrected chi connectivity index (χ3v) is 5.59. The lowest BCUT2D eigenvalue weighted by molar-refractivity contribution is 0.250. The summed E-state index contributed by atoms with van der Waals surface area (Å²) < 4.78 is 12.0. The zero-order valence-corrected chi connectivity index (χ0v) is 17.9. The summed E-state index contributed by atoms with van der Waals surface area (Å²) in [6.45, 7) is 4.43. The molecule has 0 aliphatic heterocycles. The minimum Gasteiger partial charge on any atom is -0.486 e. The van der Waals surface area contributed by atoms with Crippen LogP contribution < -0.4 is 20.9 Å². The Morgan fingerprint density at radius 2 is 1.45 bits per heavy atom. The van der Waals surface area contributed by atoms with Crippen LogP contribution in [0.3, 0.4) is 0 Å². The van der Waals surface area contributed by atoms with E-state index in [1.54, 1.807) is 0 Å². The van der Waals surface area contributed by atoms with Crippen LogP contribution in [0.2, 0.25) is 0 Å². The van der Waals surface area contributed by atoms with Crippen LogP contribution in [0.4, 0.5) is 5.69 Å². The molecule has 0 amide bonds. The molecule has 0 saturated heterocycles. The molecular formula is C27H28N2O2. The summed E-state index contributed by atoms with van der Waals surface area (Å²) in [7, 11) is 0. The second-order valence-electron chi connectivity index (χ2n) is 8.31. The van der Waals surface area contributed by atoms with Gasteiger partial charge in [0.1, 0.15) is 23.4 Å². The van der Waals surface area contributed by atoms with Crippen LogP contribution in [0, 0.1) is 0 Å². The molecule has 0 saturated carbocycles. The third-order valence-electron chi connectivity index (χ3n) is 5.59. The first kappa shape index (κ1) is 20.6. The summed E-state index contributed by atoms with van der Waals surface area (Å²) in [5.74, 6) is 2.35. The molecule has 1 aliphatic carbocycles. The Balaban J connectivity index is 1.45. The largest absolute Gasteiger partial charge is 0.486 e. The van der Waals surface area contributed by atoms with E-state index in [1.165, 1.54) is 11.1 Å². The number of benzene rings is 3. The molecule has 4 rings (SSSR count). The molecule has 0 spiro atoms. The van der Waals surface area contributed by atoms with E-state index in [0.717, 1.165) is 29.4 Å². The molecule has 0 fully saturated rings. The second kappa shape index (κ2) is 8.60. The van der Waals surface area contributed by atoms with Crippen molar-refractivity contribution in [3.63, 3.8) is 0 Å². The van der Waals surface area contributed by atoms with Gasteiger partial charge in [-0.2, -0.15) is 0 Å². The van der Waals surface area contributed by atoms with Gasteiger partial charge >= 0.3 is 0 Å². The van der Waals surface area contributed by atoms with Crippen molar-refractivity contribution in [2.45, 2.75) is 31.8 Å². The highest BCUT2D eigenvalue weighted by Gasteiger charge is 2.23. The first-order valence-electron chi connectivity index (χ1n) is 10.5. The molecule has 1 unspecified atom stereocenters. The van der Waals surface area contributed by atoms with Crippen molar-refractivity contribution >= 4 is 5.69 Å². The van der Waals surface area contributed by atoms with Gasteiger partial charge in [-0.05, 0) is 59.7 Å². The number of rotatable bonds is 6. The van der Waals surface area contributed by atoms with Crippen molar-refractivity contribution < 1.29 is 9.47 Å². The number of nitrogen functional groups attached to an aromatic ring is 1. The third kappa shape index (κ3) is 4.92. The summed E-state index contributed by atoms with van der Waals surface area (Å²) >= 11 is 0. The average Bonchev–Trinajstić information content (AvgIpc) is 2.75. The fraction of sp³-hybridized carbons (Fsp3) is 0.185. The van der Waals surface area contributed by atoms with E-state index in [2.05, 4.69) is 38.1 Å². The number of allylic oxidation sites excluding steroid dienone is 1. The minimum absolute atomic E-state index is 0.0173. The van der Waals surface area contributed by atoms with E-state index in [-0.39, 0.29) is 11.5 Å². The molecule has 31 heavy (non-hydrogen) atoms. The zero-order valence-electron chi connectivity index (χ0n) is 17.9. The van der Waals surface area contributed by atoms with Gasteiger partial charge in [0.05, 0.1) is 0 Å². The lowest BCUT2D eigenvalue weighted by Crippen LogP contribution is -2.19. The van der Waals surface area contributed by atoms with E-state index < -0.39 is 0 Å². The van der Waals surface area contributed by atoms with Gasteiger partial charge in [-0.15, -0.1) is 0 Å². The highest BCUT2D eigenvalue weighted by Crippen LogP contribution is 2.34. The monoisotopic (exact) mass is 412 g/mol. The van der Waals surface area contributed by atoms with Crippen LogP contribution in [0.15, 0.2) is 96.7 Å². The lowest BCUT2D eigenvalue weighted by atomic mass is 9.78. The molecule has 4 heteroatoms. The van der Waals surface area contributed by atoms with Crippen molar-refractivity contribution in [2.24, 2.45) is 5.73 Å². The smallest absolute Gasteiger partial charge is 0.129 e. The topological polar surface area (TPSA) is 70.5 Å². The Hall–Kier alpha value is -3.66. The number of hydrogen-bond acceptors (Lipinski definition) is 4. The van der Waals surface area contributed by atoms with E-state index in [0.29, 0.717) is 5.69 Å². The maximum Gasteiger partial charge on any atom is 0.129 e. The van der Waals surface area contributed by atoms with Crippen LogP contribution in [-0.2, 0) is 5.41 Å². The van der Waals surface area contributed by atoms with Gasteiger partial charge in [0.15, 0.2) is 0 Å². The Morgan fingerprint density at radius 1 is 0.806 bits per heavy atom. The SMILES string of the molecule is CC(C)(c1ccc(Oc2cccc(N)c2)cc1)c1ccc(OC2C=C(N)C=CC2)cc1. The van der Waals surface area contributed by atoms with E-state index in [4.69, 9.17) is 20.9 Å². The maximum atomic E-state index is 6.05. The molecule has 4 N–H and O–H groups in total. The molecule has 3 aromatic rings. The van der Waals surface area contributed by atoms with Crippen LogP contribution in [-0.4, -0.2) is 6.10 Å². The van der Waals surface area contributed by atoms with Crippen LogP contribution in [0.5, 0.6) is 17.2 Å². The number of hydrogen-bond donors (Lipinski definition) is 2. The molecule has 1 aliphatic rings. The molecule has 3 aromatic carbocycles. The molecule has 158 valence electrons. The first-order chi connectivity index (χ1) is 14.9. The van der Waals surface area contributed by atoms with Gasteiger partial charge in [-0.3, -0.25) is 0 Å².